The van der Waals surface area contributed by atoms with Crippen LogP contribution >= 0.6 is 11.6 Å². The van der Waals surface area contributed by atoms with Crippen LogP contribution in [0.1, 0.15) is 0 Å². The molecule has 1 rings (SSSR count). The van der Waals surface area contributed by atoms with Crippen LogP contribution < -0.4 is 0 Å². The molecule has 0 aliphatic carbocycles. The van der Waals surface area contributed by atoms with Gasteiger partial charge in [0, 0.05) is 6.08 Å². The van der Waals surface area contributed by atoms with Crippen molar-refractivity contribution in [2.24, 2.45) is 5.10 Å². The van der Waals surface area contributed by atoms with Crippen LogP contribution in [0.25, 0.3) is 0 Å². The van der Waals surface area contributed by atoms with Crippen LogP contribution in [0.5, 0.6) is 0 Å². The second-order valence-electron chi connectivity index (χ2n) is 1.94. The lowest BCUT2D eigenvalue weighted by atomic mass is 10.7. The van der Waals surface area contributed by atoms with Crippen LogP contribution in [0.3, 0.4) is 0 Å². The Kier molecular flexibility index (Phi) is 1.36. The van der Waals surface area contributed by atoms with E-state index in [0.717, 1.165) is 0 Å². The maximum atomic E-state index is 5.56. The Hall–Kier alpha value is -0.340. The third-order valence-electron chi connectivity index (χ3n) is 1.07. The maximum absolute atomic E-state index is 5.56. The fourth-order valence-corrected chi connectivity index (χ4v) is 0.665. The van der Waals surface area contributed by atoms with E-state index in [1.54, 1.807) is 6.21 Å². The monoisotopic (exact) mass is 131 g/mol. The van der Waals surface area contributed by atoms with Crippen molar-refractivity contribution in [1.82, 2.24) is 0 Å². The van der Waals surface area contributed by atoms with Gasteiger partial charge in [-0.15, -0.1) is 0 Å². The molecule has 0 saturated carbocycles. The summed E-state index contributed by atoms with van der Waals surface area (Å²) in [6, 6.07) is 0.507. The molecule has 0 aromatic heterocycles. The molecule has 0 radical (unpaired) electrons. The summed E-state index contributed by atoms with van der Waals surface area (Å²) in [5, 5.41) is 4.06. The summed E-state index contributed by atoms with van der Waals surface area (Å²) in [7, 11) is 1.94. The summed E-state index contributed by atoms with van der Waals surface area (Å²) >= 11 is 5.56. The minimum absolute atomic E-state index is 0.474. The summed E-state index contributed by atoms with van der Waals surface area (Å²) in [6.07, 6.45) is 5.58. The van der Waals surface area contributed by atoms with Crippen LogP contribution in [0.15, 0.2) is 17.4 Å². The highest BCUT2D eigenvalue weighted by Crippen LogP contribution is 2.09. The molecule has 1 unspecified atom stereocenters. The highest BCUT2D eigenvalue weighted by atomic mass is 35.5. The minimum atomic E-state index is 0.474. The van der Waals surface area contributed by atoms with Crippen LogP contribution in [-0.2, 0) is 0 Å². The smallest absolute Gasteiger partial charge is 0.162 e. The Morgan fingerprint density at radius 2 is 2.50 bits per heavy atom. The maximum Gasteiger partial charge on any atom is 0.182 e. The Balaban J connectivity index is 2.69. The molecule has 1 atom stereocenters. The van der Waals surface area contributed by atoms with E-state index in [-0.39, 0.29) is 0 Å². The van der Waals surface area contributed by atoms with Gasteiger partial charge in [-0.25, -0.2) is 0 Å². The van der Waals surface area contributed by atoms with Gasteiger partial charge in [-0.1, -0.05) is 16.7 Å². The predicted molar refractivity (Wildman–Crippen MR) is 34.5 cm³/mol. The molecule has 0 N–H and O–H groups in total. The fraction of sp³-hybridized carbons (Fsp3) is 0.400. The van der Waals surface area contributed by atoms with Crippen molar-refractivity contribution in [2.45, 2.75) is 0 Å². The lowest BCUT2D eigenvalue weighted by Crippen LogP contribution is -2.27. The number of hydrogen-bond acceptors (Lipinski definition) is 1. The molecule has 2 nitrogen and oxygen atoms in total. The average Bonchev–Trinajstić information content (AvgIpc) is 2.17. The standard InChI is InChI=1S/C5H8ClN2/c1-8(5-6)4-2-3-7-8/h2-4H,5H2,1H3/q+1. The first-order chi connectivity index (χ1) is 3.77. The van der Waals surface area contributed by atoms with Crippen LogP contribution in [0.4, 0.5) is 0 Å². The molecule has 0 spiro atoms. The summed E-state index contributed by atoms with van der Waals surface area (Å²) < 4.78 is 0.474. The number of rotatable bonds is 1. The largest absolute Gasteiger partial charge is 0.182 e. The van der Waals surface area contributed by atoms with Crippen LogP contribution in [0.2, 0.25) is 0 Å². The van der Waals surface area contributed by atoms with Gasteiger partial charge in [-0.2, -0.15) is 4.59 Å². The van der Waals surface area contributed by atoms with E-state index in [2.05, 4.69) is 5.10 Å². The van der Waals surface area contributed by atoms with E-state index >= 15 is 0 Å². The Morgan fingerprint density at radius 1 is 1.75 bits per heavy atom. The van der Waals surface area contributed by atoms with Crippen molar-refractivity contribution < 1.29 is 4.59 Å². The lowest BCUT2D eigenvalue weighted by Gasteiger charge is -2.14. The molecular weight excluding hydrogens is 124 g/mol. The molecule has 0 saturated heterocycles. The molecule has 1 aliphatic heterocycles. The molecule has 8 heavy (non-hydrogen) atoms. The van der Waals surface area contributed by atoms with Crippen LogP contribution in [-0.4, -0.2) is 23.9 Å². The number of hydrogen-bond donors (Lipinski definition) is 0. The molecule has 0 aromatic rings. The molecule has 0 fully saturated rings. The third kappa shape index (κ3) is 0.904. The second kappa shape index (κ2) is 1.88. The first kappa shape index (κ1) is 5.79. The number of halogens is 1. The normalized spacial score (nSPS) is 34.2. The summed E-state index contributed by atoms with van der Waals surface area (Å²) in [5.74, 6) is 0. The molecule has 0 aromatic carbocycles. The van der Waals surface area contributed by atoms with Crippen molar-refractivity contribution in [2.75, 3.05) is 13.1 Å². The Bertz CT molecular complexity index is 127. The SMILES string of the molecule is C[N+]1(CCl)C=CC=N1. The van der Waals surface area contributed by atoms with Gasteiger partial charge in [0.2, 0.25) is 0 Å². The molecule has 1 heterocycles. The van der Waals surface area contributed by atoms with Crippen molar-refractivity contribution in [3.8, 4) is 0 Å². The number of alkyl halides is 1. The lowest BCUT2D eigenvalue weighted by molar-refractivity contribution is -0.851. The second-order valence-corrected chi connectivity index (χ2v) is 2.18. The van der Waals surface area contributed by atoms with Crippen molar-refractivity contribution in [3.05, 3.63) is 12.3 Å². The summed E-state index contributed by atoms with van der Waals surface area (Å²) in [6.45, 7) is 0. The van der Waals surface area contributed by atoms with Crippen LogP contribution in [0, 0.1) is 0 Å². The predicted octanol–water partition coefficient (Wildman–Crippen LogP) is 1.14. The van der Waals surface area contributed by atoms with Gasteiger partial charge in [0.15, 0.2) is 6.00 Å². The molecule has 44 valence electrons. The number of allylic oxidation sites excluding steroid dienone is 1. The van der Waals surface area contributed by atoms with Crippen molar-refractivity contribution in [3.63, 3.8) is 0 Å². The molecule has 0 bridgehead atoms. The van der Waals surface area contributed by atoms with Gasteiger partial charge in [0.25, 0.3) is 0 Å². The van der Waals surface area contributed by atoms with Gasteiger partial charge in [-0.3, -0.25) is 0 Å². The van der Waals surface area contributed by atoms with Crippen molar-refractivity contribution in [1.29, 1.82) is 0 Å². The fourth-order valence-electron chi connectivity index (χ4n) is 0.524. The number of quaternary nitrogens is 1. The summed E-state index contributed by atoms with van der Waals surface area (Å²) in [4.78, 5) is 0. The quantitative estimate of drug-likeness (QED) is 0.288. The average molecular weight is 132 g/mol. The third-order valence-corrected chi connectivity index (χ3v) is 1.55. The topological polar surface area (TPSA) is 12.4 Å². The summed E-state index contributed by atoms with van der Waals surface area (Å²) in [5.41, 5.74) is 0. The first-order valence-corrected chi connectivity index (χ1v) is 2.95. The highest BCUT2D eigenvalue weighted by molar-refractivity contribution is 6.17. The zero-order chi connectivity index (χ0) is 6.04. The van der Waals surface area contributed by atoms with Gasteiger partial charge >= 0.3 is 0 Å². The zero-order valence-electron chi connectivity index (χ0n) is 4.71. The van der Waals surface area contributed by atoms with Crippen molar-refractivity contribution >= 4 is 17.8 Å². The number of nitrogens with zero attached hydrogens (tertiary/aromatic N) is 2. The van der Waals surface area contributed by atoms with Gasteiger partial charge < -0.3 is 0 Å². The van der Waals surface area contributed by atoms with E-state index in [1.807, 2.05) is 19.3 Å². The Morgan fingerprint density at radius 3 is 2.75 bits per heavy atom. The van der Waals surface area contributed by atoms with E-state index < -0.39 is 0 Å². The minimum Gasteiger partial charge on any atom is -0.162 e. The molecule has 0 amide bonds. The highest BCUT2D eigenvalue weighted by Gasteiger charge is 2.17. The molecule has 3 heteroatoms. The molecule has 1 aliphatic rings. The Labute approximate surface area is 53.6 Å². The first-order valence-electron chi connectivity index (χ1n) is 2.41. The van der Waals surface area contributed by atoms with Gasteiger partial charge in [0.1, 0.15) is 6.20 Å². The van der Waals surface area contributed by atoms with Gasteiger partial charge in [0.05, 0.1) is 13.3 Å². The van der Waals surface area contributed by atoms with Gasteiger partial charge in [-0.05, 0) is 0 Å². The van der Waals surface area contributed by atoms with E-state index in [4.69, 9.17) is 11.6 Å². The van der Waals surface area contributed by atoms with E-state index in [9.17, 15) is 0 Å². The zero-order valence-corrected chi connectivity index (χ0v) is 5.47. The van der Waals surface area contributed by atoms with E-state index in [1.165, 1.54) is 0 Å². The van der Waals surface area contributed by atoms with E-state index in [0.29, 0.717) is 10.6 Å². The molecular formula is C5H8ClN2+.